The maximum atomic E-state index is 12.6. The van der Waals surface area contributed by atoms with E-state index in [0.29, 0.717) is 17.8 Å². The van der Waals surface area contributed by atoms with Gasteiger partial charge in [-0.25, -0.2) is 0 Å². The number of hydrogen-bond acceptors (Lipinski definition) is 3. The van der Waals surface area contributed by atoms with Crippen molar-refractivity contribution in [3.63, 3.8) is 0 Å². The summed E-state index contributed by atoms with van der Waals surface area (Å²) in [5, 5.41) is 0. The number of nitrogens with zero attached hydrogens (tertiary/aromatic N) is 1. The molecule has 2 aliphatic rings. The minimum absolute atomic E-state index is 0.0396. The Kier molecular flexibility index (Phi) is 3.51. The Morgan fingerprint density at radius 2 is 1.81 bits per heavy atom. The largest absolute Gasteiger partial charge is 0.488 e. The third-order valence-electron chi connectivity index (χ3n) is 4.69. The third-order valence-corrected chi connectivity index (χ3v) is 4.69. The van der Waals surface area contributed by atoms with E-state index in [0.717, 1.165) is 25.0 Å². The lowest BCUT2D eigenvalue weighted by Gasteiger charge is -2.36. The Bertz CT molecular complexity index is 518. The Morgan fingerprint density at radius 1 is 1.19 bits per heavy atom. The first-order chi connectivity index (χ1) is 9.84. The quantitative estimate of drug-likeness (QED) is 0.852. The summed E-state index contributed by atoms with van der Waals surface area (Å²) in [5.74, 6) is 0.358. The molecule has 1 aromatic rings. The summed E-state index contributed by atoms with van der Waals surface area (Å²) in [4.78, 5) is 2.38. The number of halogens is 3. The van der Waals surface area contributed by atoms with Crippen molar-refractivity contribution in [2.45, 2.75) is 50.0 Å². The van der Waals surface area contributed by atoms with Gasteiger partial charge in [-0.15, -0.1) is 0 Å². The zero-order valence-corrected chi connectivity index (χ0v) is 11.9. The molecule has 0 amide bonds. The van der Waals surface area contributed by atoms with Gasteiger partial charge < -0.3 is 15.4 Å². The van der Waals surface area contributed by atoms with Gasteiger partial charge in [-0.2, -0.15) is 13.2 Å². The fourth-order valence-electron chi connectivity index (χ4n) is 3.47. The molecule has 3 atom stereocenters. The highest BCUT2D eigenvalue weighted by molar-refractivity contribution is 5.54. The van der Waals surface area contributed by atoms with Crippen LogP contribution in [0.1, 0.15) is 31.2 Å². The van der Waals surface area contributed by atoms with Gasteiger partial charge in [-0.05, 0) is 50.9 Å². The number of piperidine rings is 1. The van der Waals surface area contributed by atoms with Gasteiger partial charge in [0.25, 0.3) is 0 Å². The highest BCUT2D eigenvalue weighted by Gasteiger charge is 2.39. The number of benzene rings is 1. The molecule has 1 unspecified atom stereocenters. The maximum absolute atomic E-state index is 12.6. The minimum Gasteiger partial charge on any atom is -0.488 e. The third kappa shape index (κ3) is 2.81. The predicted octanol–water partition coefficient (Wildman–Crippen LogP) is 3.29. The maximum Gasteiger partial charge on any atom is 0.416 e. The molecule has 0 aliphatic carbocycles. The highest BCUT2D eigenvalue weighted by atomic mass is 19.4. The zero-order valence-electron chi connectivity index (χ0n) is 11.9. The topological polar surface area (TPSA) is 38.5 Å². The number of nitrogens with two attached hydrogens (primary N) is 1. The van der Waals surface area contributed by atoms with E-state index < -0.39 is 11.7 Å². The number of alkyl halides is 3. The van der Waals surface area contributed by atoms with E-state index in [1.807, 2.05) is 0 Å². The van der Waals surface area contributed by atoms with E-state index >= 15 is 0 Å². The second-order valence-corrected chi connectivity index (χ2v) is 6.01. The van der Waals surface area contributed by atoms with E-state index in [4.69, 9.17) is 10.5 Å². The molecule has 2 aliphatic heterocycles. The molecule has 3 nitrogen and oxygen atoms in total. The first-order valence-electron chi connectivity index (χ1n) is 7.20. The molecular formula is C15H19F3N2O. The molecule has 1 aromatic carbocycles. The number of rotatable bonds is 2. The van der Waals surface area contributed by atoms with Gasteiger partial charge in [-0.3, -0.25) is 0 Å². The van der Waals surface area contributed by atoms with Crippen molar-refractivity contribution in [3.05, 3.63) is 23.8 Å². The van der Waals surface area contributed by atoms with Gasteiger partial charge in [0.1, 0.15) is 11.9 Å². The Morgan fingerprint density at radius 3 is 2.33 bits per heavy atom. The van der Waals surface area contributed by atoms with Crippen LogP contribution in [0.2, 0.25) is 0 Å². The van der Waals surface area contributed by atoms with E-state index in [1.54, 1.807) is 0 Å². The molecule has 2 bridgehead atoms. The van der Waals surface area contributed by atoms with Crippen LogP contribution in [0.15, 0.2) is 18.2 Å². The summed E-state index contributed by atoms with van der Waals surface area (Å²) < 4.78 is 43.7. The van der Waals surface area contributed by atoms with Crippen molar-refractivity contribution >= 4 is 5.69 Å². The van der Waals surface area contributed by atoms with Crippen LogP contribution in [0, 0.1) is 0 Å². The molecule has 0 saturated carbocycles. The van der Waals surface area contributed by atoms with Crippen molar-refractivity contribution in [3.8, 4) is 5.75 Å². The fourth-order valence-corrected chi connectivity index (χ4v) is 3.47. The molecule has 21 heavy (non-hydrogen) atoms. The first-order valence-corrected chi connectivity index (χ1v) is 7.20. The normalized spacial score (nSPS) is 29.6. The lowest BCUT2D eigenvalue weighted by Crippen LogP contribution is -2.43. The first kappa shape index (κ1) is 14.5. The minimum atomic E-state index is -4.38. The lowest BCUT2D eigenvalue weighted by atomic mass is 10.0. The highest BCUT2D eigenvalue weighted by Crippen LogP contribution is 2.38. The van der Waals surface area contributed by atoms with E-state index in [2.05, 4.69) is 11.9 Å². The number of anilines is 1. The van der Waals surface area contributed by atoms with E-state index in [1.165, 1.54) is 18.9 Å². The predicted molar refractivity (Wildman–Crippen MR) is 74.1 cm³/mol. The Balaban J connectivity index is 1.71. The molecule has 6 heteroatoms. The van der Waals surface area contributed by atoms with Gasteiger partial charge in [0.15, 0.2) is 0 Å². The number of ether oxygens (including phenoxy) is 1. The number of hydrogen-bond donors (Lipinski definition) is 1. The fraction of sp³-hybridized carbons (Fsp3) is 0.600. The lowest BCUT2D eigenvalue weighted by molar-refractivity contribution is -0.137. The van der Waals surface area contributed by atoms with Gasteiger partial charge in [0.2, 0.25) is 0 Å². The molecular weight excluding hydrogens is 281 g/mol. The van der Waals surface area contributed by atoms with Crippen LogP contribution in [0.25, 0.3) is 0 Å². The van der Waals surface area contributed by atoms with Crippen molar-refractivity contribution in [2.24, 2.45) is 0 Å². The average Bonchev–Trinajstić information content (AvgIpc) is 2.62. The molecule has 2 heterocycles. The molecule has 0 spiro atoms. The van der Waals surface area contributed by atoms with Crippen LogP contribution in [0.3, 0.4) is 0 Å². The summed E-state index contributed by atoms with van der Waals surface area (Å²) in [7, 11) is 2.13. The summed E-state index contributed by atoms with van der Waals surface area (Å²) in [6.07, 6.45) is -0.175. The smallest absolute Gasteiger partial charge is 0.416 e. The van der Waals surface area contributed by atoms with Crippen LogP contribution in [-0.4, -0.2) is 30.1 Å². The van der Waals surface area contributed by atoms with E-state index in [-0.39, 0.29) is 11.8 Å². The van der Waals surface area contributed by atoms with E-state index in [9.17, 15) is 13.2 Å². The van der Waals surface area contributed by atoms with Crippen molar-refractivity contribution in [2.75, 3.05) is 12.8 Å². The van der Waals surface area contributed by atoms with Gasteiger partial charge in [0, 0.05) is 12.1 Å². The molecule has 2 N–H and O–H groups in total. The summed E-state index contributed by atoms with van der Waals surface area (Å²) in [6, 6.07) is 4.33. The van der Waals surface area contributed by atoms with Crippen molar-refractivity contribution in [1.29, 1.82) is 0 Å². The van der Waals surface area contributed by atoms with Crippen LogP contribution >= 0.6 is 0 Å². The van der Waals surface area contributed by atoms with Crippen LogP contribution in [0.4, 0.5) is 18.9 Å². The number of nitrogen functional groups attached to an aromatic ring is 1. The molecule has 116 valence electrons. The number of fused-ring (bicyclic) bond motifs is 2. The van der Waals surface area contributed by atoms with Gasteiger partial charge in [0.05, 0.1) is 11.3 Å². The zero-order chi connectivity index (χ0) is 15.2. The second-order valence-electron chi connectivity index (χ2n) is 6.01. The van der Waals surface area contributed by atoms with Gasteiger partial charge >= 0.3 is 6.18 Å². The molecule has 2 saturated heterocycles. The SMILES string of the molecule is CN1[C@@H]2CC[C@H]1CC(Oc1ccc(C(F)(F)F)cc1N)C2. The summed E-state index contributed by atoms with van der Waals surface area (Å²) in [6.45, 7) is 0. The molecule has 3 rings (SSSR count). The van der Waals surface area contributed by atoms with Crippen molar-refractivity contribution < 1.29 is 17.9 Å². The summed E-state index contributed by atoms with van der Waals surface area (Å²) in [5.41, 5.74) is 5.02. The second kappa shape index (κ2) is 5.09. The van der Waals surface area contributed by atoms with Crippen LogP contribution in [0.5, 0.6) is 5.75 Å². The average molecular weight is 300 g/mol. The molecule has 0 radical (unpaired) electrons. The standard InChI is InChI=1S/C15H19F3N2O/c1-20-10-3-4-11(20)8-12(7-10)21-14-5-2-9(6-13(14)19)15(16,17)18/h2,5-6,10-12H,3-4,7-8,19H2,1H3/t10-,11+,12?. The molecule has 0 aromatic heterocycles. The van der Waals surface area contributed by atoms with Gasteiger partial charge in [-0.1, -0.05) is 0 Å². The van der Waals surface area contributed by atoms with Crippen LogP contribution < -0.4 is 10.5 Å². The Labute approximate surface area is 121 Å². The Hall–Kier alpha value is -1.43. The van der Waals surface area contributed by atoms with Crippen molar-refractivity contribution in [1.82, 2.24) is 4.90 Å². The molecule has 2 fully saturated rings. The van der Waals surface area contributed by atoms with Crippen LogP contribution in [-0.2, 0) is 6.18 Å². The summed E-state index contributed by atoms with van der Waals surface area (Å²) >= 11 is 0. The monoisotopic (exact) mass is 300 g/mol.